The molecule has 1 aliphatic heterocycles. The number of aromatic nitrogens is 2. The Hall–Kier alpha value is -4.57. The van der Waals surface area contributed by atoms with E-state index in [0.29, 0.717) is 53.0 Å². The van der Waals surface area contributed by atoms with Crippen molar-refractivity contribution >= 4 is 51.3 Å². The lowest BCUT2D eigenvalue weighted by Crippen LogP contribution is -2.42. The number of para-hydroxylation sites is 2. The molecular weight excluding hydrogens is 550 g/mol. The van der Waals surface area contributed by atoms with Crippen molar-refractivity contribution < 1.29 is 19.1 Å². The zero-order chi connectivity index (χ0) is 27.9. The molecule has 0 saturated carbocycles. The Kier molecular flexibility index (Phi) is 8.46. The standard InChI is InChI=1S/C28H23N5O5S2/c29-17-21(25(35)32-11-13-37-14-12-32)27-33(20-7-2-1-3-8-20)26(36)23(40-27)16-19-6-4-5-9-22(19)38-18-24(34)31-28-30-10-15-39-28/h1-10,15-16H,11-14,18H2,(H,30,31,34). The van der Waals surface area contributed by atoms with E-state index in [4.69, 9.17) is 9.47 Å². The van der Waals surface area contributed by atoms with Crippen molar-refractivity contribution in [3.63, 3.8) is 0 Å². The summed E-state index contributed by atoms with van der Waals surface area (Å²) >= 11 is 2.35. The predicted octanol–water partition coefficient (Wildman–Crippen LogP) is 1.73. The SMILES string of the molecule is N#CC(C(=O)N1CCOCC1)=c1sc(=Cc2ccccc2OCC(=O)Nc2nccs2)c(=O)n1-c1ccccc1. The normalized spacial score (nSPS) is 14.4. The topological polar surface area (TPSA) is 127 Å². The summed E-state index contributed by atoms with van der Waals surface area (Å²) in [5.41, 5.74) is 0.595. The van der Waals surface area contributed by atoms with Crippen LogP contribution in [0.15, 0.2) is 71.0 Å². The third kappa shape index (κ3) is 6.02. The Bertz CT molecular complexity index is 1730. The summed E-state index contributed by atoms with van der Waals surface area (Å²) in [6.07, 6.45) is 3.23. The molecule has 0 spiro atoms. The zero-order valence-electron chi connectivity index (χ0n) is 21.1. The Balaban J connectivity index is 1.57. The summed E-state index contributed by atoms with van der Waals surface area (Å²) in [5, 5.41) is 14.9. The molecule has 0 atom stereocenters. The van der Waals surface area contributed by atoms with Crippen molar-refractivity contribution in [2.24, 2.45) is 0 Å². The Labute approximate surface area is 236 Å². The molecule has 1 fully saturated rings. The first-order valence-electron chi connectivity index (χ1n) is 12.3. The Morgan fingerprint density at radius 3 is 2.60 bits per heavy atom. The van der Waals surface area contributed by atoms with E-state index < -0.39 is 5.91 Å². The molecule has 12 heteroatoms. The Morgan fingerprint density at radius 2 is 1.88 bits per heavy atom. The number of hydrogen-bond donors (Lipinski definition) is 1. The van der Waals surface area contributed by atoms with Gasteiger partial charge in [-0.1, -0.05) is 36.4 Å². The summed E-state index contributed by atoms with van der Waals surface area (Å²) in [6.45, 7) is 1.25. The van der Waals surface area contributed by atoms with Crippen LogP contribution in [0, 0.1) is 11.3 Å². The van der Waals surface area contributed by atoms with Crippen molar-refractivity contribution in [1.29, 1.82) is 5.26 Å². The van der Waals surface area contributed by atoms with Crippen LogP contribution < -0.4 is 24.8 Å². The lowest BCUT2D eigenvalue weighted by Gasteiger charge is -2.26. The summed E-state index contributed by atoms with van der Waals surface area (Å²) < 4.78 is 13.0. The van der Waals surface area contributed by atoms with Crippen LogP contribution in [-0.4, -0.2) is 59.2 Å². The molecule has 202 valence electrons. The van der Waals surface area contributed by atoms with Gasteiger partial charge in [0.2, 0.25) is 0 Å². The van der Waals surface area contributed by atoms with Gasteiger partial charge < -0.3 is 14.4 Å². The molecule has 5 rings (SSSR count). The number of morpholine rings is 1. The maximum Gasteiger partial charge on any atom is 0.273 e. The molecule has 1 N–H and O–H groups in total. The number of hydrogen-bond acceptors (Lipinski definition) is 9. The van der Waals surface area contributed by atoms with Crippen LogP contribution in [-0.2, 0) is 14.3 Å². The molecule has 2 amide bonds. The van der Waals surface area contributed by atoms with Gasteiger partial charge in [0.25, 0.3) is 17.4 Å². The number of benzene rings is 2. The number of nitrogens with zero attached hydrogens (tertiary/aromatic N) is 4. The molecular formula is C28H23N5O5S2. The molecule has 1 saturated heterocycles. The molecule has 0 bridgehead atoms. The van der Waals surface area contributed by atoms with Crippen molar-refractivity contribution in [3.8, 4) is 17.5 Å². The summed E-state index contributed by atoms with van der Waals surface area (Å²) in [7, 11) is 0. The van der Waals surface area contributed by atoms with Crippen molar-refractivity contribution in [3.05, 3.63) is 91.3 Å². The second-order valence-corrected chi connectivity index (χ2v) is 10.4. The van der Waals surface area contributed by atoms with Gasteiger partial charge in [-0.2, -0.15) is 5.26 Å². The second-order valence-electron chi connectivity index (χ2n) is 8.50. The minimum atomic E-state index is -0.446. The quantitative estimate of drug-likeness (QED) is 0.357. The Morgan fingerprint density at radius 1 is 1.12 bits per heavy atom. The first kappa shape index (κ1) is 27.0. The van der Waals surface area contributed by atoms with Crippen LogP contribution in [0.4, 0.5) is 5.13 Å². The smallest absolute Gasteiger partial charge is 0.273 e. The molecule has 0 radical (unpaired) electrons. The van der Waals surface area contributed by atoms with E-state index in [-0.39, 0.29) is 28.3 Å². The molecule has 2 aromatic carbocycles. The third-order valence-electron chi connectivity index (χ3n) is 5.92. The van der Waals surface area contributed by atoms with Crippen molar-refractivity contribution in [2.45, 2.75) is 0 Å². The predicted molar refractivity (Wildman–Crippen MR) is 152 cm³/mol. The van der Waals surface area contributed by atoms with E-state index in [1.54, 1.807) is 71.1 Å². The van der Waals surface area contributed by atoms with Gasteiger partial charge >= 0.3 is 0 Å². The van der Waals surface area contributed by atoms with Gasteiger partial charge in [-0.25, -0.2) is 4.98 Å². The maximum atomic E-state index is 13.7. The highest BCUT2D eigenvalue weighted by Crippen LogP contribution is 2.19. The van der Waals surface area contributed by atoms with Gasteiger partial charge in [-0.15, -0.1) is 22.7 Å². The number of carbonyl (C=O) groups excluding carboxylic acids is 2. The first-order valence-corrected chi connectivity index (χ1v) is 14.0. The number of nitriles is 1. The van der Waals surface area contributed by atoms with E-state index in [1.807, 2.05) is 12.1 Å². The van der Waals surface area contributed by atoms with E-state index >= 15 is 0 Å². The molecule has 4 aromatic rings. The molecule has 3 heterocycles. The summed E-state index contributed by atoms with van der Waals surface area (Å²) in [5.74, 6) is -0.422. The lowest BCUT2D eigenvalue weighted by atomic mass is 10.2. The fraction of sp³-hybridized carbons (Fsp3) is 0.179. The van der Waals surface area contributed by atoms with Gasteiger partial charge in [-0.3, -0.25) is 24.3 Å². The van der Waals surface area contributed by atoms with E-state index in [2.05, 4.69) is 10.3 Å². The average molecular weight is 574 g/mol. The molecule has 40 heavy (non-hydrogen) atoms. The highest BCUT2D eigenvalue weighted by atomic mass is 32.1. The van der Waals surface area contributed by atoms with Gasteiger partial charge in [0.15, 0.2) is 17.3 Å². The van der Waals surface area contributed by atoms with Crippen LogP contribution in [0.25, 0.3) is 17.3 Å². The lowest BCUT2D eigenvalue weighted by molar-refractivity contribution is -0.128. The van der Waals surface area contributed by atoms with E-state index in [0.717, 1.165) is 11.3 Å². The largest absolute Gasteiger partial charge is 0.483 e. The number of ether oxygens (including phenoxy) is 2. The fourth-order valence-corrected chi connectivity index (χ4v) is 5.66. The number of rotatable bonds is 7. The molecule has 1 aliphatic rings. The van der Waals surface area contributed by atoms with E-state index in [9.17, 15) is 19.6 Å². The second kappa shape index (κ2) is 12.5. The zero-order valence-corrected chi connectivity index (χ0v) is 22.7. The monoisotopic (exact) mass is 573 g/mol. The van der Waals surface area contributed by atoms with Crippen molar-refractivity contribution in [1.82, 2.24) is 14.5 Å². The number of anilines is 1. The third-order valence-corrected chi connectivity index (χ3v) is 7.70. The fourth-order valence-electron chi connectivity index (χ4n) is 4.03. The summed E-state index contributed by atoms with van der Waals surface area (Å²) in [6, 6.07) is 17.9. The molecule has 2 aromatic heterocycles. The summed E-state index contributed by atoms with van der Waals surface area (Å²) in [4.78, 5) is 45.0. The highest BCUT2D eigenvalue weighted by molar-refractivity contribution is 7.13. The van der Waals surface area contributed by atoms with Crippen LogP contribution in [0.2, 0.25) is 0 Å². The van der Waals surface area contributed by atoms with Gasteiger partial charge in [0, 0.05) is 30.2 Å². The van der Waals surface area contributed by atoms with Gasteiger partial charge in [-0.05, 0) is 24.3 Å². The van der Waals surface area contributed by atoms with Crippen molar-refractivity contribution in [2.75, 3.05) is 38.2 Å². The minimum absolute atomic E-state index is 0.115. The number of nitrogens with one attached hydrogen (secondary N) is 1. The maximum absolute atomic E-state index is 13.7. The highest BCUT2D eigenvalue weighted by Gasteiger charge is 2.24. The van der Waals surface area contributed by atoms with Crippen LogP contribution in [0.5, 0.6) is 5.75 Å². The molecule has 0 aliphatic carbocycles. The molecule has 0 unspecified atom stereocenters. The van der Waals surface area contributed by atoms with Crippen LogP contribution in [0.3, 0.4) is 0 Å². The van der Waals surface area contributed by atoms with Gasteiger partial charge in [0.05, 0.1) is 23.4 Å². The van der Waals surface area contributed by atoms with Crippen LogP contribution in [0.1, 0.15) is 5.56 Å². The number of carbonyl (C=O) groups is 2. The number of amides is 2. The van der Waals surface area contributed by atoms with Crippen LogP contribution >= 0.6 is 22.7 Å². The van der Waals surface area contributed by atoms with E-state index in [1.165, 1.54) is 15.9 Å². The first-order chi connectivity index (χ1) is 19.5. The molecule has 10 nitrogen and oxygen atoms in total. The number of thiazole rings is 2. The average Bonchev–Trinajstić information content (AvgIpc) is 3.61. The minimum Gasteiger partial charge on any atom is -0.483 e. The van der Waals surface area contributed by atoms with Gasteiger partial charge in [0.1, 0.15) is 16.5 Å².